The van der Waals surface area contributed by atoms with Crippen LogP contribution in [0.1, 0.15) is 56.2 Å². The quantitative estimate of drug-likeness (QED) is 0.111. The van der Waals surface area contributed by atoms with Crippen LogP contribution in [0.25, 0.3) is 5.69 Å². The van der Waals surface area contributed by atoms with E-state index in [9.17, 15) is 14.7 Å². The summed E-state index contributed by atoms with van der Waals surface area (Å²) in [6.07, 6.45) is 6.20. The molecule has 220 valence electrons. The highest BCUT2D eigenvalue weighted by molar-refractivity contribution is 8.03. The van der Waals surface area contributed by atoms with E-state index in [0.29, 0.717) is 24.6 Å². The van der Waals surface area contributed by atoms with Gasteiger partial charge in [-0.15, -0.1) is 0 Å². The molecule has 0 aliphatic carbocycles. The molecule has 0 saturated heterocycles. The summed E-state index contributed by atoms with van der Waals surface area (Å²) in [6.45, 7) is 11.2. The van der Waals surface area contributed by atoms with Gasteiger partial charge < -0.3 is 21.2 Å². The van der Waals surface area contributed by atoms with Gasteiger partial charge in [0, 0.05) is 46.5 Å². The molecule has 2 amide bonds. The van der Waals surface area contributed by atoms with Crippen LogP contribution >= 0.6 is 11.8 Å². The van der Waals surface area contributed by atoms with Gasteiger partial charge in [0.15, 0.2) is 0 Å². The fourth-order valence-corrected chi connectivity index (χ4v) is 5.31. The number of rotatable bonds is 8. The number of carboxylic acid groups (broad SMARTS) is 1. The number of anilines is 1. The minimum Gasteiger partial charge on any atom is -0.478 e. The molecule has 0 radical (unpaired) electrons. The summed E-state index contributed by atoms with van der Waals surface area (Å²) in [5.74, 6) is 6.12. The lowest BCUT2D eigenvalue weighted by Gasteiger charge is -2.26. The summed E-state index contributed by atoms with van der Waals surface area (Å²) < 4.78 is 1.61. The molecule has 1 aliphatic heterocycles. The summed E-state index contributed by atoms with van der Waals surface area (Å²) in [7, 11) is 0. The van der Waals surface area contributed by atoms with Gasteiger partial charge in [0.1, 0.15) is 11.7 Å². The Morgan fingerprint density at radius 1 is 1.14 bits per heavy atom. The van der Waals surface area contributed by atoms with Crippen molar-refractivity contribution in [3.05, 3.63) is 94.7 Å². The number of nitrogens with zero attached hydrogens (tertiary/aromatic N) is 4. The van der Waals surface area contributed by atoms with Crippen LogP contribution in [0, 0.1) is 5.92 Å². The molecular formula is C31H37N7O3S. The van der Waals surface area contributed by atoms with Crippen LogP contribution in [0.3, 0.4) is 0 Å². The summed E-state index contributed by atoms with van der Waals surface area (Å²) in [4.78, 5) is 28.5. The molecule has 0 saturated carbocycles. The van der Waals surface area contributed by atoms with Gasteiger partial charge in [0.05, 0.1) is 16.9 Å². The van der Waals surface area contributed by atoms with Crippen molar-refractivity contribution >= 4 is 35.4 Å². The lowest BCUT2D eigenvalue weighted by molar-refractivity contribution is 0.0697. The van der Waals surface area contributed by atoms with Crippen LogP contribution in [0.4, 0.5) is 10.6 Å². The Hall–Kier alpha value is -4.51. The largest absolute Gasteiger partial charge is 0.478 e. The van der Waals surface area contributed by atoms with Gasteiger partial charge in [-0.25, -0.2) is 14.3 Å². The fourth-order valence-electron chi connectivity index (χ4n) is 4.30. The zero-order valence-electron chi connectivity index (χ0n) is 24.5. The highest BCUT2D eigenvalue weighted by Gasteiger charge is 2.22. The van der Waals surface area contributed by atoms with Crippen LogP contribution in [-0.4, -0.2) is 44.2 Å². The van der Waals surface area contributed by atoms with Crippen molar-refractivity contribution in [2.24, 2.45) is 16.9 Å². The Kier molecular flexibility index (Phi) is 9.41. The van der Waals surface area contributed by atoms with Gasteiger partial charge in [0.2, 0.25) is 0 Å². The average Bonchev–Trinajstić information content (AvgIpc) is 3.37. The second kappa shape index (κ2) is 13.0. The molecule has 3 aromatic rings. The van der Waals surface area contributed by atoms with E-state index in [0.717, 1.165) is 26.9 Å². The number of hydrogen-bond acceptors (Lipinski definition) is 6. The SMILES string of the molecule is CC(C)/C(=N/N)N1C=C(Sc2ccccc2CNC(=O)Nc2cc(C(C)(C)C)nn2-c2ccc(C(=O)O)cc2)C=CC1. The van der Waals surface area contributed by atoms with Crippen LogP contribution in [0.15, 0.2) is 87.9 Å². The Morgan fingerprint density at radius 2 is 1.86 bits per heavy atom. The molecule has 4 rings (SSSR count). The number of carbonyl (C=O) groups excluding carboxylic acids is 1. The van der Waals surface area contributed by atoms with Crippen molar-refractivity contribution in [1.82, 2.24) is 20.0 Å². The molecule has 2 aromatic carbocycles. The van der Waals surface area contributed by atoms with Crippen molar-refractivity contribution < 1.29 is 14.7 Å². The third-order valence-corrected chi connectivity index (χ3v) is 7.62. The van der Waals surface area contributed by atoms with Crippen molar-refractivity contribution in [2.75, 3.05) is 11.9 Å². The maximum absolute atomic E-state index is 13.1. The summed E-state index contributed by atoms with van der Waals surface area (Å²) >= 11 is 1.61. The number of aromatic carboxylic acids is 1. The minimum absolute atomic E-state index is 0.172. The number of carboxylic acids is 1. The van der Waals surface area contributed by atoms with E-state index in [1.165, 1.54) is 12.1 Å². The third-order valence-electron chi connectivity index (χ3n) is 6.53. The van der Waals surface area contributed by atoms with E-state index in [1.54, 1.807) is 28.6 Å². The van der Waals surface area contributed by atoms with Crippen LogP contribution in [-0.2, 0) is 12.0 Å². The van der Waals surface area contributed by atoms with E-state index < -0.39 is 5.97 Å². The molecule has 2 heterocycles. The molecular weight excluding hydrogens is 550 g/mol. The molecule has 11 heteroatoms. The smallest absolute Gasteiger partial charge is 0.335 e. The number of aromatic nitrogens is 2. The van der Waals surface area contributed by atoms with E-state index in [4.69, 9.17) is 10.9 Å². The molecule has 1 aromatic heterocycles. The number of nitrogens with two attached hydrogens (primary N) is 1. The van der Waals surface area contributed by atoms with Gasteiger partial charge in [-0.05, 0) is 42.0 Å². The monoisotopic (exact) mass is 587 g/mol. The first-order valence-corrected chi connectivity index (χ1v) is 14.5. The lowest BCUT2D eigenvalue weighted by Crippen LogP contribution is -2.32. The van der Waals surface area contributed by atoms with Crippen LogP contribution in [0.5, 0.6) is 0 Å². The average molecular weight is 588 g/mol. The molecule has 0 fully saturated rings. The lowest BCUT2D eigenvalue weighted by atomic mass is 9.92. The first-order chi connectivity index (χ1) is 20.0. The second-order valence-corrected chi connectivity index (χ2v) is 12.3. The number of amides is 2. The van der Waals surface area contributed by atoms with Crippen molar-refractivity contribution in [3.8, 4) is 5.69 Å². The Morgan fingerprint density at radius 3 is 2.50 bits per heavy atom. The number of urea groups is 1. The Bertz CT molecular complexity index is 1530. The molecule has 0 atom stereocenters. The van der Waals surface area contributed by atoms with E-state index >= 15 is 0 Å². The van der Waals surface area contributed by atoms with E-state index in [2.05, 4.69) is 41.7 Å². The van der Waals surface area contributed by atoms with Crippen LogP contribution < -0.4 is 16.5 Å². The van der Waals surface area contributed by atoms with Gasteiger partial charge in [-0.3, -0.25) is 5.32 Å². The first kappa shape index (κ1) is 30.4. The number of benzene rings is 2. The first-order valence-electron chi connectivity index (χ1n) is 13.6. The number of nitrogens with one attached hydrogen (secondary N) is 2. The molecule has 10 nitrogen and oxygen atoms in total. The topological polar surface area (TPSA) is 138 Å². The molecule has 1 aliphatic rings. The maximum atomic E-state index is 13.1. The Labute approximate surface area is 250 Å². The number of thioether (sulfide) groups is 1. The summed E-state index contributed by atoms with van der Waals surface area (Å²) in [6, 6.07) is 15.7. The van der Waals surface area contributed by atoms with Gasteiger partial charge in [0.25, 0.3) is 0 Å². The number of carbonyl (C=O) groups is 2. The summed E-state index contributed by atoms with van der Waals surface area (Å²) in [5.41, 5.74) is 2.29. The Balaban J connectivity index is 1.49. The third kappa shape index (κ3) is 7.41. The van der Waals surface area contributed by atoms with E-state index in [-0.39, 0.29) is 22.9 Å². The van der Waals surface area contributed by atoms with Gasteiger partial charge in [-0.2, -0.15) is 10.2 Å². The standard InChI is InChI=1S/C31H37N7O3S/c1-20(2)28(35-32)37-16-8-10-24(19-37)42-25-11-7-6-9-22(25)18-33-30(41)34-27-17-26(31(3,4)5)36-38(27)23-14-12-21(13-15-23)29(39)40/h6-15,17,19-20H,16,18,32H2,1-5H3,(H,39,40)(H2,33,34,41)/b35-28-. The zero-order valence-corrected chi connectivity index (χ0v) is 25.3. The number of allylic oxidation sites excluding steroid dienone is 1. The number of hydrazone groups is 1. The van der Waals surface area contributed by atoms with Crippen molar-refractivity contribution in [3.63, 3.8) is 0 Å². The molecule has 0 bridgehead atoms. The molecule has 5 N–H and O–H groups in total. The zero-order chi connectivity index (χ0) is 30.4. The normalized spacial score (nSPS) is 13.7. The second-order valence-electron chi connectivity index (χ2n) is 11.2. The maximum Gasteiger partial charge on any atom is 0.335 e. The predicted octanol–water partition coefficient (Wildman–Crippen LogP) is 5.92. The molecule has 0 spiro atoms. The molecule has 0 unspecified atom stereocenters. The highest BCUT2D eigenvalue weighted by atomic mass is 32.2. The number of hydrogen-bond donors (Lipinski definition) is 4. The van der Waals surface area contributed by atoms with Crippen LogP contribution in [0.2, 0.25) is 0 Å². The number of amidine groups is 1. The predicted molar refractivity (Wildman–Crippen MR) is 168 cm³/mol. The summed E-state index contributed by atoms with van der Waals surface area (Å²) in [5, 5.41) is 23.8. The van der Waals surface area contributed by atoms with Gasteiger partial charge >= 0.3 is 12.0 Å². The highest BCUT2D eigenvalue weighted by Crippen LogP contribution is 2.32. The van der Waals surface area contributed by atoms with Crippen molar-refractivity contribution in [1.29, 1.82) is 0 Å². The minimum atomic E-state index is -1.01. The molecule has 42 heavy (non-hydrogen) atoms. The van der Waals surface area contributed by atoms with E-state index in [1.807, 2.05) is 62.2 Å². The van der Waals surface area contributed by atoms with Gasteiger partial charge in [-0.1, -0.05) is 70.7 Å². The fraction of sp³-hybridized carbons (Fsp3) is 0.290. The van der Waals surface area contributed by atoms with Crippen molar-refractivity contribution in [2.45, 2.75) is 51.5 Å².